The normalized spacial score (nSPS) is 11.0. The van der Waals surface area contributed by atoms with E-state index in [4.69, 9.17) is 0 Å². The van der Waals surface area contributed by atoms with Crippen molar-refractivity contribution in [3.63, 3.8) is 0 Å². The summed E-state index contributed by atoms with van der Waals surface area (Å²) in [5.74, 6) is 0.348. The van der Waals surface area contributed by atoms with E-state index >= 15 is 0 Å². The number of benzene rings is 3. The van der Waals surface area contributed by atoms with E-state index in [1.807, 2.05) is 64.2 Å². The van der Waals surface area contributed by atoms with Gasteiger partial charge in [-0.1, -0.05) is 54.6 Å². The number of amides is 1. The maximum atomic E-state index is 12.7. The van der Waals surface area contributed by atoms with Crippen LogP contribution < -0.4 is 5.32 Å². The van der Waals surface area contributed by atoms with Gasteiger partial charge in [0.2, 0.25) is 0 Å². The van der Waals surface area contributed by atoms with Crippen molar-refractivity contribution in [3.05, 3.63) is 114 Å². The highest BCUT2D eigenvalue weighted by atomic mass is 16.1. The molecular formula is C25H21N5O. The summed E-state index contributed by atoms with van der Waals surface area (Å²) in [6.07, 6.45) is 5.52. The van der Waals surface area contributed by atoms with E-state index in [0.717, 1.165) is 5.56 Å². The Hall–Kier alpha value is -4.19. The van der Waals surface area contributed by atoms with Crippen molar-refractivity contribution < 1.29 is 4.79 Å². The van der Waals surface area contributed by atoms with Crippen molar-refractivity contribution in [1.29, 1.82) is 0 Å². The number of carbonyl (C=O) groups is 1. The second kappa shape index (κ2) is 8.28. The Morgan fingerprint density at radius 2 is 1.71 bits per heavy atom. The van der Waals surface area contributed by atoms with E-state index < -0.39 is 0 Å². The number of carbonyl (C=O) groups excluding carboxylic acids is 1. The molecule has 0 aliphatic heterocycles. The van der Waals surface area contributed by atoms with Gasteiger partial charge in [-0.2, -0.15) is 10.2 Å². The maximum Gasteiger partial charge on any atom is 0.256 e. The molecule has 31 heavy (non-hydrogen) atoms. The van der Waals surface area contributed by atoms with Gasteiger partial charge in [-0.25, -0.2) is 0 Å². The van der Waals surface area contributed by atoms with Gasteiger partial charge in [0.1, 0.15) is 0 Å². The Bertz CT molecular complexity index is 1330. The van der Waals surface area contributed by atoms with Gasteiger partial charge in [0, 0.05) is 30.2 Å². The predicted molar refractivity (Wildman–Crippen MR) is 121 cm³/mol. The molecule has 3 aromatic carbocycles. The zero-order valence-corrected chi connectivity index (χ0v) is 16.8. The lowest BCUT2D eigenvalue weighted by molar-refractivity contribution is 0.102. The van der Waals surface area contributed by atoms with Gasteiger partial charge in [-0.3, -0.25) is 14.2 Å². The Kier molecular flexibility index (Phi) is 5.02. The summed E-state index contributed by atoms with van der Waals surface area (Å²) in [6.45, 7) is 1.25. The number of hydrogen-bond donors (Lipinski definition) is 1. The van der Waals surface area contributed by atoms with Crippen LogP contribution in [0.25, 0.3) is 10.8 Å². The van der Waals surface area contributed by atoms with Crippen molar-refractivity contribution in [2.24, 2.45) is 0 Å². The second-order valence-electron chi connectivity index (χ2n) is 7.39. The molecule has 6 nitrogen and oxygen atoms in total. The summed E-state index contributed by atoms with van der Waals surface area (Å²) in [4.78, 5) is 12.7. The minimum atomic E-state index is -0.183. The summed E-state index contributed by atoms with van der Waals surface area (Å²) >= 11 is 0. The third-order valence-electron chi connectivity index (χ3n) is 5.19. The van der Waals surface area contributed by atoms with Gasteiger partial charge in [-0.15, -0.1) is 0 Å². The molecule has 1 amide bonds. The molecule has 152 valence electrons. The number of fused-ring (bicyclic) bond motifs is 1. The van der Waals surface area contributed by atoms with Crippen LogP contribution in [0.3, 0.4) is 0 Å². The average Bonchev–Trinajstić information content (AvgIpc) is 3.46. The van der Waals surface area contributed by atoms with Crippen LogP contribution in [0, 0.1) is 0 Å². The first-order valence-electron chi connectivity index (χ1n) is 10.1. The summed E-state index contributed by atoms with van der Waals surface area (Å²) in [6, 6.07) is 25.8. The quantitative estimate of drug-likeness (QED) is 0.448. The summed E-state index contributed by atoms with van der Waals surface area (Å²) in [7, 11) is 0. The molecule has 0 unspecified atom stereocenters. The fourth-order valence-corrected chi connectivity index (χ4v) is 3.70. The third-order valence-corrected chi connectivity index (χ3v) is 5.19. The lowest BCUT2D eigenvalue weighted by Crippen LogP contribution is -2.13. The monoisotopic (exact) mass is 407 g/mol. The number of nitrogens with one attached hydrogen (secondary N) is 1. The fourth-order valence-electron chi connectivity index (χ4n) is 3.70. The van der Waals surface area contributed by atoms with Crippen molar-refractivity contribution >= 4 is 22.5 Å². The van der Waals surface area contributed by atoms with Gasteiger partial charge in [0.15, 0.2) is 5.82 Å². The minimum Gasteiger partial charge on any atom is -0.305 e. The van der Waals surface area contributed by atoms with Crippen molar-refractivity contribution in [2.45, 2.75) is 13.1 Å². The van der Waals surface area contributed by atoms with Crippen molar-refractivity contribution in [3.8, 4) is 0 Å². The molecule has 0 radical (unpaired) electrons. The first kappa shape index (κ1) is 18.8. The summed E-state index contributed by atoms with van der Waals surface area (Å²) < 4.78 is 3.66. The van der Waals surface area contributed by atoms with E-state index in [0.29, 0.717) is 24.5 Å². The van der Waals surface area contributed by atoms with E-state index in [1.165, 1.54) is 16.3 Å². The fraction of sp³-hybridized carbons (Fsp3) is 0.0800. The predicted octanol–water partition coefficient (Wildman–Crippen LogP) is 4.58. The van der Waals surface area contributed by atoms with Gasteiger partial charge >= 0.3 is 0 Å². The first-order valence-corrected chi connectivity index (χ1v) is 10.1. The van der Waals surface area contributed by atoms with Crippen LogP contribution in [0.1, 0.15) is 21.5 Å². The molecule has 0 fully saturated rings. The van der Waals surface area contributed by atoms with Gasteiger partial charge in [0.05, 0.1) is 13.1 Å². The summed E-state index contributed by atoms with van der Waals surface area (Å²) in [5, 5.41) is 14.1. The Balaban J connectivity index is 1.29. The molecule has 0 atom stereocenters. The molecule has 0 saturated carbocycles. The molecule has 6 heteroatoms. The Labute approximate surface area is 179 Å². The maximum absolute atomic E-state index is 12.7. The number of aromatic nitrogens is 4. The zero-order chi connectivity index (χ0) is 21.0. The lowest BCUT2D eigenvalue weighted by atomic mass is 10.0. The highest BCUT2D eigenvalue weighted by Crippen LogP contribution is 2.19. The highest BCUT2D eigenvalue weighted by Gasteiger charge is 2.10. The summed E-state index contributed by atoms with van der Waals surface area (Å²) in [5.41, 5.74) is 2.79. The Morgan fingerprint density at radius 3 is 2.61 bits per heavy atom. The molecule has 5 rings (SSSR count). The largest absolute Gasteiger partial charge is 0.305 e. The van der Waals surface area contributed by atoms with Crippen LogP contribution in [0.4, 0.5) is 5.82 Å². The van der Waals surface area contributed by atoms with Crippen LogP contribution >= 0.6 is 0 Å². The van der Waals surface area contributed by atoms with Crippen LogP contribution in [-0.2, 0) is 13.1 Å². The topological polar surface area (TPSA) is 64.7 Å². The van der Waals surface area contributed by atoms with E-state index in [-0.39, 0.29) is 5.91 Å². The number of hydrogen-bond acceptors (Lipinski definition) is 3. The molecule has 0 bridgehead atoms. The average molecular weight is 407 g/mol. The van der Waals surface area contributed by atoms with Gasteiger partial charge < -0.3 is 5.32 Å². The second-order valence-corrected chi connectivity index (χ2v) is 7.39. The molecule has 0 saturated heterocycles. The Morgan fingerprint density at radius 1 is 0.839 bits per heavy atom. The van der Waals surface area contributed by atoms with E-state index in [2.05, 4.69) is 45.8 Å². The van der Waals surface area contributed by atoms with E-state index in [9.17, 15) is 4.79 Å². The number of nitrogens with zero attached hydrogens (tertiary/aromatic N) is 4. The molecular weight excluding hydrogens is 386 g/mol. The molecule has 1 N–H and O–H groups in total. The lowest BCUT2D eigenvalue weighted by Gasteiger charge is -2.07. The minimum absolute atomic E-state index is 0.183. The SMILES string of the molecule is O=C(Nc1ccn(Cc2cccc3ccccc23)n1)c1cccc(Cn2cccn2)c1. The van der Waals surface area contributed by atoms with Gasteiger partial charge in [0.25, 0.3) is 5.91 Å². The van der Waals surface area contributed by atoms with E-state index in [1.54, 1.807) is 12.3 Å². The third kappa shape index (κ3) is 4.23. The molecule has 0 aliphatic carbocycles. The number of anilines is 1. The molecule has 2 aromatic heterocycles. The molecule has 0 spiro atoms. The van der Waals surface area contributed by atoms with Crippen LogP contribution in [0.2, 0.25) is 0 Å². The van der Waals surface area contributed by atoms with Crippen molar-refractivity contribution in [1.82, 2.24) is 19.6 Å². The zero-order valence-electron chi connectivity index (χ0n) is 16.8. The molecule has 5 aromatic rings. The smallest absolute Gasteiger partial charge is 0.256 e. The molecule has 2 heterocycles. The number of rotatable bonds is 6. The van der Waals surface area contributed by atoms with Crippen LogP contribution in [-0.4, -0.2) is 25.5 Å². The van der Waals surface area contributed by atoms with Crippen LogP contribution in [0.5, 0.6) is 0 Å². The van der Waals surface area contributed by atoms with Crippen molar-refractivity contribution in [2.75, 3.05) is 5.32 Å². The standard InChI is InChI=1S/C25H21N5O/c31-25(21-9-3-6-19(16-21)17-29-14-5-13-26-29)27-24-12-15-30(28-24)18-22-10-4-8-20-7-1-2-11-23(20)22/h1-16H,17-18H2,(H,27,28,31). The van der Waals surface area contributed by atoms with Crippen LogP contribution in [0.15, 0.2) is 97.5 Å². The molecule has 0 aliphatic rings. The van der Waals surface area contributed by atoms with Gasteiger partial charge in [-0.05, 0) is 40.1 Å². The highest BCUT2D eigenvalue weighted by molar-refractivity contribution is 6.03. The first-order chi connectivity index (χ1) is 15.2.